The van der Waals surface area contributed by atoms with Crippen LogP contribution in [0.2, 0.25) is 0 Å². The maximum absolute atomic E-state index is 6.46. The Hall–Kier alpha value is -0.533. The number of halogens is 1. The minimum absolute atomic E-state index is 0.247. The first-order valence-electron chi connectivity index (χ1n) is 6.50. The fourth-order valence-corrected chi connectivity index (χ4v) is 4.89. The quantitative estimate of drug-likeness (QED) is 0.496. The minimum Gasteiger partial charge on any atom is -0.118 e. The van der Waals surface area contributed by atoms with Gasteiger partial charge in [-0.1, -0.05) is 11.6 Å². The van der Waals surface area contributed by atoms with Crippen LogP contribution in [0.3, 0.4) is 0 Å². The van der Waals surface area contributed by atoms with E-state index in [1.165, 1.54) is 44.5 Å². The molecule has 0 nitrogen and oxygen atoms in total. The normalized spacial score (nSPS) is 26.6. The van der Waals surface area contributed by atoms with Crippen molar-refractivity contribution in [2.75, 3.05) is 0 Å². The highest BCUT2D eigenvalue weighted by Gasteiger charge is 2.31. The van der Waals surface area contributed by atoms with E-state index in [2.05, 4.69) is 26.8 Å². The molecule has 2 unspecified atom stereocenters. The van der Waals surface area contributed by atoms with Gasteiger partial charge in [0.05, 0.1) is 5.38 Å². The summed E-state index contributed by atoms with van der Waals surface area (Å²) in [6, 6.07) is 2.46. The van der Waals surface area contributed by atoms with Crippen molar-refractivity contribution in [3.63, 3.8) is 0 Å². The van der Waals surface area contributed by atoms with Crippen LogP contribution < -0.4 is 0 Å². The predicted molar refractivity (Wildman–Crippen MR) is 79.0 cm³/mol. The van der Waals surface area contributed by atoms with Crippen LogP contribution in [0.25, 0.3) is 5.57 Å². The molecule has 1 aromatic carbocycles. The van der Waals surface area contributed by atoms with Crippen LogP contribution in [0.4, 0.5) is 0 Å². The van der Waals surface area contributed by atoms with Crippen LogP contribution in [-0.2, 0) is 6.42 Å². The molecule has 0 aromatic heterocycles. The molecule has 0 amide bonds. The maximum atomic E-state index is 6.46. The van der Waals surface area contributed by atoms with Gasteiger partial charge in [0.1, 0.15) is 0 Å². The molecule has 2 aliphatic carbocycles. The van der Waals surface area contributed by atoms with Gasteiger partial charge < -0.3 is 0 Å². The van der Waals surface area contributed by atoms with E-state index in [9.17, 15) is 0 Å². The van der Waals surface area contributed by atoms with E-state index >= 15 is 0 Å². The molecule has 17 heavy (non-hydrogen) atoms. The molecule has 0 saturated heterocycles. The van der Waals surface area contributed by atoms with Crippen molar-refractivity contribution < 1.29 is 0 Å². The number of hydrogen-bond donors (Lipinski definition) is 0. The van der Waals surface area contributed by atoms with Gasteiger partial charge in [-0.05, 0) is 72.5 Å². The van der Waals surface area contributed by atoms with Gasteiger partial charge >= 0.3 is 0 Å². The lowest BCUT2D eigenvalue weighted by molar-refractivity contribution is 0.878. The molecule has 0 spiro atoms. The molecule has 1 aromatic rings. The Morgan fingerprint density at radius 2 is 2.00 bits per heavy atom. The van der Waals surface area contributed by atoms with Gasteiger partial charge in [-0.15, -0.1) is 11.6 Å². The van der Waals surface area contributed by atoms with E-state index in [4.69, 9.17) is 11.6 Å². The van der Waals surface area contributed by atoms with Crippen LogP contribution in [0, 0.1) is 6.92 Å². The zero-order chi connectivity index (χ0) is 12.3. The highest BCUT2D eigenvalue weighted by molar-refractivity contribution is 6.21. The summed E-state index contributed by atoms with van der Waals surface area (Å²) in [5.41, 5.74) is 11.4. The maximum Gasteiger partial charge on any atom is 0.0593 e. The third-order valence-corrected chi connectivity index (χ3v) is 6.73. The molecule has 0 fully saturated rings. The van der Waals surface area contributed by atoms with Gasteiger partial charge in [0, 0.05) is 10.2 Å². The van der Waals surface area contributed by atoms with Gasteiger partial charge in [0.15, 0.2) is 0 Å². The summed E-state index contributed by atoms with van der Waals surface area (Å²) in [5.74, 6) is 0. The second-order valence-corrected chi connectivity index (χ2v) is 7.26. The third-order valence-electron chi connectivity index (χ3n) is 4.81. The summed E-state index contributed by atoms with van der Waals surface area (Å²) in [6.07, 6.45) is 2.29. The summed E-state index contributed by atoms with van der Waals surface area (Å²) in [6.45, 7) is 6.86. The summed E-state index contributed by atoms with van der Waals surface area (Å²) in [4.78, 5) is 0. The van der Waals surface area contributed by atoms with Crippen molar-refractivity contribution in [3.8, 4) is 0 Å². The molecule has 0 bridgehead atoms. The van der Waals surface area contributed by atoms with Crippen molar-refractivity contribution in [1.29, 1.82) is 0 Å². The molecule has 3 rings (SSSR count). The first-order chi connectivity index (χ1) is 8.02. The summed E-state index contributed by atoms with van der Waals surface area (Å²) in [7, 11) is 1.22. The van der Waals surface area contributed by atoms with Crippen LogP contribution in [0.5, 0.6) is 0 Å². The molecule has 2 heteroatoms. The van der Waals surface area contributed by atoms with E-state index in [1.807, 2.05) is 0 Å². The second-order valence-electron chi connectivity index (χ2n) is 5.57. The molecule has 0 radical (unpaired) electrons. The van der Waals surface area contributed by atoms with Crippen LogP contribution in [0.1, 0.15) is 59.0 Å². The monoisotopic (exact) mass is 262 g/mol. The largest absolute Gasteiger partial charge is 0.118 e. The van der Waals surface area contributed by atoms with Crippen molar-refractivity contribution in [1.82, 2.24) is 0 Å². The van der Waals surface area contributed by atoms with E-state index in [0.29, 0.717) is 0 Å². The molecular weight excluding hydrogens is 244 g/mol. The highest BCUT2D eigenvalue weighted by atomic mass is 35.5. The Labute approximate surface area is 111 Å². The van der Waals surface area contributed by atoms with E-state index in [0.717, 1.165) is 12.0 Å². The number of fused-ring (bicyclic) bond motifs is 2. The Morgan fingerprint density at radius 3 is 2.71 bits per heavy atom. The zero-order valence-electron chi connectivity index (χ0n) is 11.0. The first-order valence-corrected chi connectivity index (χ1v) is 8.09. The van der Waals surface area contributed by atoms with Gasteiger partial charge in [-0.2, -0.15) is 0 Å². The smallest absolute Gasteiger partial charge is 0.0593 e. The average molecular weight is 263 g/mol. The second kappa shape index (κ2) is 3.73. The van der Waals surface area contributed by atoms with Crippen molar-refractivity contribution >= 4 is 27.4 Å². The zero-order valence-corrected chi connectivity index (χ0v) is 13.8. The summed E-state index contributed by atoms with van der Waals surface area (Å²) >= 11 is 6.46. The van der Waals surface area contributed by atoms with E-state index in [1.54, 1.807) is 11.1 Å². The lowest BCUT2D eigenvalue weighted by atomic mass is 9.93. The van der Waals surface area contributed by atoms with Crippen LogP contribution >= 0.6 is 11.6 Å². The number of hydrogen-bond acceptors (Lipinski definition) is 0. The number of alkyl halides is 1. The number of rotatable bonds is 0. The highest BCUT2D eigenvalue weighted by Crippen LogP contribution is 2.48. The van der Waals surface area contributed by atoms with Crippen molar-refractivity contribution in [3.05, 3.63) is 39.5 Å². The fourth-order valence-electron chi connectivity index (χ4n) is 3.59. The van der Waals surface area contributed by atoms with Gasteiger partial charge in [-0.3, -0.25) is 0 Å². The summed E-state index contributed by atoms with van der Waals surface area (Å²) < 4.78 is 0. The number of allylic oxidation sites excluding steroid dienone is 2. The molecular formula is C15H19ClSi. The van der Waals surface area contributed by atoms with E-state index in [-0.39, 0.29) is 5.38 Å². The fraction of sp³-hybridized carbons (Fsp3) is 0.467. The lowest BCUT2D eigenvalue weighted by Crippen LogP contribution is -2.01. The van der Waals surface area contributed by atoms with Gasteiger partial charge in [-0.25, -0.2) is 0 Å². The van der Waals surface area contributed by atoms with Crippen molar-refractivity contribution in [2.45, 2.75) is 44.5 Å². The number of benzene rings is 1. The molecule has 90 valence electrons. The number of aryl methyl sites for hydroxylation is 1. The Bertz CT molecular complexity index is 542. The minimum atomic E-state index is 0.247. The SMILES string of the molecule is CC1=C(C)C([SiH3])c2cc3c(c(C)c21)C(Cl)CC3. The van der Waals surface area contributed by atoms with Crippen molar-refractivity contribution in [2.24, 2.45) is 0 Å². The average Bonchev–Trinajstić information content (AvgIpc) is 2.76. The Balaban J connectivity index is 2.31. The standard InChI is InChI=1S/C15H19ClSi/c1-7-8(2)15(17)11-6-10-4-5-12(16)14(10)9(3)13(7)11/h6,12,15H,4-5H2,1-3,17H3. The van der Waals surface area contributed by atoms with Crippen LogP contribution in [0.15, 0.2) is 11.6 Å². The third kappa shape index (κ3) is 1.42. The Kier molecular flexibility index (Phi) is 2.53. The van der Waals surface area contributed by atoms with E-state index < -0.39 is 0 Å². The molecule has 0 N–H and O–H groups in total. The summed E-state index contributed by atoms with van der Waals surface area (Å²) in [5, 5.41) is 0.247. The van der Waals surface area contributed by atoms with Gasteiger partial charge in [0.25, 0.3) is 0 Å². The molecule has 0 saturated carbocycles. The molecule has 0 aliphatic heterocycles. The van der Waals surface area contributed by atoms with Crippen LogP contribution in [-0.4, -0.2) is 10.2 Å². The topological polar surface area (TPSA) is 0 Å². The Morgan fingerprint density at radius 1 is 1.29 bits per heavy atom. The molecule has 0 heterocycles. The first kappa shape index (κ1) is 11.6. The van der Waals surface area contributed by atoms with Gasteiger partial charge in [0.2, 0.25) is 0 Å². The lowest BCUT2D eigenvalue weighted by Gasteiger charge is -2.15. The molecule has 2 atom stereocenters. The molecule has 2 aliphatic rings. The predicted octanol–water partition coefficient (Wildman–Crippen LogP) is 3.43.